The molecule has 0 bridgehead atoms. The molecule has 0 fully saturated rings. The minimum absolute atomic E-state index is 0.355. The van der Waals surface area contributed by atoms with Crippen molar-refractivity contribution in [2.75, 3.05) is 33.1 Å². The largest absolute Gasteiger partial charge is 0.493 e. The summed E-state index contributed by atoms with van der Waals surface area (Å²) in [6.07, 6.45) is 1.14. The molecule has 0 heterocycles. The van der Waals surface area contributed by atoms with Crippen LogP contribution in [0, 0.1) is 0 Å². The highest BCUT2D eigenvalue weighted by Gasteiger charge is 2.06. The highest BCUT2D eigenvalue weighted by molar-refractivity contribution is 7.88. The van der Waals surface area contributed by atoms with Gasteiger partial charge in [0.1, 0.15) is 6.61 Å². The summed E-state index contributed by atoms with van der Waals surface area (Å²) in [5, 5.41) is 3.16. The summed E-state index contributed by atoms with van der Waals surface area (Å²) in [5.74, 6) is 1.34. The molecule has 0 saturated heterocycles. The number of hydrogen-bond acceptors (Lipinski definition) is 5. The van der Waals surface area contributed by atoms with Crippen LogP contribution in [0.2, 0.25) is 0 Å². The first-order valence-electron chi connectivity index (χ1n) is 6.91. The summed E-state index contributed by atoms with van der Waals surface area (Å²) in [7, 11) is -1.54. The maximum Gasteiger partial charge on any atom is 0.208 e. The van der Waals surface area contributed by atoms with Crippen molar-refractivity contribution in [1.29, 1.82) is 0 Å². The van der Waals surface area contributed by atoms with Crippen LogP contribution in [-0.4, -0.2) is 41.5 Å². The minimum Gasteiger partial charge on any atom is -0.493 e. The lowest BCUT2D eigenvalue weighted by molar-refractivity contribution is 0.319. The van der Waals surface area contributed by atoms with E-state index in [1.54, 1.807) is 7.11 Å². The van der Waals surface area contributed by atoms with Gasteiger partial charge in [-0.05, 0) is 30.2 Å². The van der Waals surface area contributed by atoms with E-state index in [4.69, 9.17) is 9.47 Å². The van der Waals surface area contributed by atoms with Crippen LogP contribution in [-0.2, 0) is 16.6 Å². The van der Waals surface area contributed by atoms with E-state index < -0.39 is 10.0 Å². The van der Waals surface area contributed by atoms with Gasteiger partial charge in [0.05, 0.1) is 13.4 Å². The van der Waals surface area contributed by atoms with Gasteiger partial charge in [-0.2, -0.15) is 0 Å². The Bertz CT molecular complexity index is 600. The van der Waals surface area contributed by atoms with Gasteiger partial charge in [0.25, 0.3) is 0 Å². The third-order valence-electron chi connectivity index (χ3n) is 2.70. The third-order valence-corrected chi connectivity index (χ3v) is 3.43. The molecule has 124 valence electrons. The minimum atomic E-state index is -3.14. The number of ether oxygens (including phenoxy) is 2. The van der Waals surface area contributed by atoms with Crippen LogP contribution in [0.25, 0.3) is 0 Å². The summed E-state index contributed by atoms with van der Waals surface area (Å²) in [4.78, 5) is 0. The van der Waals surface area contributed by atoms with Gasteiger partial charge in [0.15, 0.2) is 11.5 Å². The SMILES string of the molecule is C=C(C)COc1cc(CNCCNS(C)(=O)=O)ccc1OC. The highest BCUT2D eigenvalue weighted by atomic mass is 32.2. The molecular formula is C15H24N2O4S. The van der Waals surface area contributed by atoms with Gasteiger partial charge < -0.3 is 14.8 Å². The summed E-state index contributed by atoms with van der Waals surface area (Å²) in [6, 6.07) is 5.68. The lowest BCUT2D eigenvalue weighted by Gasteiger charge is -2.13. The number of rotatable bonds is 10. The summed E-state index contributed by atoms with van der Waals surface area (Å²) < 4.78 is 35.2. The summed E-state index contributed by atoms with van der Waals surface area (Å²) in [5.41, 5.74) is 1.95. The molecule has 0 aliphatic heterocycles. The number of nitrogens with one attached hydrogen (secondary N) is 2. The molecular weight excluding hydrogens is 304 g/mol. The van der Waals surface area contributed by atoms with Crippen LogP contribution < -0.4 is 19.5 Å². The number of benzene rings is 1. The maximum atomic E-state index is 10.9. The zero-order valence-corrected chi connectivity index (χ0v) is 14.1. The Morgan fingerprint density at radius 2 is 2.00 bits per heavy atom. The predicted octanol–water partition coefficient (Wildman–Crippen LogP) is 1.29. The fourth-order valence-electron chi connectivity index (χ4n) is 1.70. The topological polar surface area (TPSA) is 76.7 Å². The van der Waals surface area contributed by atoms with Gasteiger partial charge in [-0.25, -0.2) is 13.1 Å². The van der Waals surface area contributed by atoms with Crippen molar-refractivity contribution in [2.24, 2.45) is 0 Å². The van der Waals surface area contributed by atoms with Crippen LogP contribution in [0.1, 0.15) is 12.5 Å². The van der Waals surface area contributed by atoms with Crippen LogP contribution in [0.15, 0.2) is 30.4 Å². The molecule has 0 aromatic heterocycles. The molecule has 0 aliphatic carbocycles. The lowest BCUT2D eigenvalue weighted by Crippen LogP contribution is -2.30. The first-order chi connectivity index (χ1) is 10.3. The van der Waals surface area contributed by atoms with Crippen molar-refractivity contribution in [3.05, 3.63) is 35.9 Å². The third kappa shape index (κ3) is 7.44. The van der Waals surface area contributed by atoms with Crippen LogP contribution >= 0.6 is 0 Å². The van der Waals surface area contributed by atoms with E-state index in [9.17, 15) is 8.42 Å². The molecule has 0 radical (unpaired) electrons. The number of methoxy groups -OCH3 is 1. The fourth-order valence-corrected chi connectivity index (χ4v) is 2.18. The molecule has 6 nitrogen and oxygen atoms in total. The first kappa shape index (κ1) is 18.5. The van der Waals surface area contributed by atoms with E-state index in [0.29, 0.717) is 37.7 Å². The standard InChI is InChI=1S/C15H24N2O4S/c1-12(2)11-21-15-9-13(5-6-14(15)20-3)10-16-7-8-17-22(4,18)19/h5-6,9,16-17H,1,7-8,10-11H2,2-4H3. The van der Waals surface area contributed by atoms with E-state index in [1.807, 2.05) is 25.1 Å². The molecule has 0 spiro atoms. The zero-order chi connectivity index (χ0) is 16.6. The Morgan fingerprint density at radius 3 is 2.59 bits per heavy atom. The van der Waals surface area contributed by atoms with Crippen molar-refractivity contribution in [1.82, 2.24) is 10.0 Å². The predicted molar refractivity (Wildman–Crippen MR) is 87.9 cm³/mol. The fraction of sp³-hybridized carbons (Fsp3) is 0.467. The Morgan fingerprint density at radius 1 is 1.27 bits per heavy atom. The molecule has 0 unspecified atom stereocenters. The summed E-state index contributed by atoms with van der Waals surface area (Å²) >= 11 is 0. The van der Waals surface area contributed by atoms with Crippen LogP contribution in [0.4, 0.5) is 0 Å². The smallest absolute Gasteiger partial charge is 0.208 e. The second kappa shape index (κ2) is 8.77. The Hall–Kier alpha value is -1.57. The van der Waals surface area contributed by atoms with Crippen molar-refractivity contribution in [3.8, 4) is 11.5 Å². The second-order valence-electron chi connectivity index (χ2n) is 5.07. The molecule has 0 saturated carbocycles. The van der Waals surface area contributed by atoms with E-state index in [0.717, 1.165) is 17.4 Å². The van der Waals surface area contributed by atoms with E-state index >= 15 is 0 Å². The molecule has 0 atom stereocenters. The molecule has 1 aromatic carbocycles. The maximum absolute atomic E-state index is 10.9. The van der Waals surface area contributed by atoms with E-state index in [1.165, 1.54) is 0 Å². The molecule has 1 rings (SSSR count). The van der Waals surface area contributed by atoms with Gasteiger partial charge in [-0.1, -0.05) is 12.6 Å². The Labute approximate surface area is 132 Å². The number of hydrogen-bond donors (Lipinski definition) is 2. The van der Waals surface area contributed by atoms with Crippen LogP contribution in [0.3, 0.4) is 0 Å². The van der Waals surface area contributed by atoms with E-state index in [2.05, 4.69) is 16.6 Å². The van der Waals surface area contributed by atoms with Gasteiger partial charge >= 0.3 is 0 Å². The molecule has 2 N–H and O–H groups in total. The average Bonchev–Trinajstić information content (AvgIpc) is 2.43. The van der Waals surface area contributed by atoms with Crippen molar-refractivity contribution in [2.45, 2.75) is 13.5 Å². The lowest BCUT2D eigenvalue weighted by atomic mass is 10.2. The van der Waals surface area contributed by atoms with Crippen LogP contribution in [0.5, 0.6) is 11.5 Å². The Kier molecular flexibility index (Phi) is 7.37. The molecule has 22 heavy (non-hydrogen) atoms. The summed E-state index contributed by atoms with van der Waals surface area (Å²) in [6.45, 7) is 7.64. The van der Waals surface area contributed by atoms with Crippen molar-refractivity contribution < 1.29 is 17.9 Å². The van der Waals surface area contributed by atoms with Gasteiger partial charge in [0, 0.05) is 19.6 Å². The Balaban J connectivity index is 2.53. The highest BCUT2D eigenvalue weighted by Crippen LogP contribution is 2.28. The van der Waals surface area contributed by atoms with Gasteiger partial charge in [-0.15, -0.1) is 0 Å². The monoisotopic (exact) mass is 328 g/mol. The van der Waals surface area contributed by atoms with Gasteiger partial charge in [-0.3, -0.25) is 0 Å². The molecule has 1 aromatic rings. The molecule has 0 aliphatic rings. The molecule has 0 amide bonds. The van der Waals surface area contributed by atoms with Crippen molar-refractivity contribution in [3.63, 3.8) is 0 Å². The van der Waals surface area contributed by atoms with E-state index in [-0.39, 0.29) is 0 Å². The zero-order valence-electron chi connectivity index (χ0n) is 13.3. The first-order valence-corrected chi connectivity index (χ1v) is 8.80. The van der Waals surface area contributed by atoms with Gasteiger partial charge in [0.2, 0.25) is 10.0 Å². The normalized spacial score (nSPS) is 11.2. The molecule has 7 heteroatoms. The average molecular weight is 328 g/mol. The number of sulfonamides is 1. The quantitative estimate of drug-likeness (QED) is 0.500. The van der Waals surface area contributed by atoms with Crippen molar-refractivity contribution >= 4 is 10.0 Å². The second-order valence-corrected chi connectivity index (χ2v) is 6.91.